The molecule has 0 aromatic carbocycles. The fourth-order valence-corrected chi connectivity index (χ4v) is 2.72. The Labute approximate surface area is 118 Å². The molecule has 1 amide bonds. The first kappa shape index (κ1) is 13.1. The van der Waals surface area contributed by atoms with E-state index < -0.39 is 0 Å². The van der Waals surface area contributed by atoms with Gasteiger partial charge in [0.1, 0.15) is 5.69 Å². The number of carbonyl (C=O) groups excluding carboxylic acids is 1. The molecule has 1 fully saturated rings. The zero-order chi connectivity index (χ0) is 14.3. The largest absolute Gasteiger partial charge is 0.337 e. The second kappa shape index (κ2) is 4.89. The number of carbonyl (C=O) groups is 1. The van der Waals surface area contributed by atoms with Crippen LogP contribution in [0.25, 0.3) is 5.65 Å². The fourth-order valence-electron chi connectivity index (χ4n) is 2.72. The second-order valence-corrected chi connectivity index (χ2v) is 5.81. The summed E-state index contributed by atoms with van der Waals surface area (Å²) in [6, 6.07) is 3.74. The van der Waals surface area contributed by atoms with Crippen LogP contribution in [0.3, 0.4) is 0 Å². The third-order valence-corrected chi connectivity index (χ3v) is 4.02. The van der Waals surface area contributed by atoms with Crippen LogP contribution < -0.4 is 0 Å². The first-order valence-electron chi connectivity index (χ1n) is 7.18. The average molecular weight is 272 g/mol. The smallest absolute Gasteiger partial charge is 0.272 e. The topological polar surface area (TPSA) is 50.5 Å². The van der Waals surface area contributed by atoms with E-state index in [-0.39, 0.29) is 5.91 Å². The zero-order valence-electron chi connectivity index (χ0n) is 12.3. The summed E-state index contributed by atoms with van der Waals surface area (Å²) in [6.45, 7) is 7.80. The number of hydrogen-bond acceptors (Lipinski definition) is 3. The SMILES string of the molecule is Cc1cc2nc(C(=O)N3CCC(C)CC3)cc(C)n2n1. The summed E-state index contributed by atoms with van der Waals surface area (Å²) in [7, 11) is 0. The van der Waals surface area contributed by atoms with Gasteiger partial charge in [0, 0.05) is 24.8 Å². The van der Waals surface area contributed by atoms with Gasteiger partial charge in [0.05, 0.1) is 5.69 Å². The van der Waals surface area contributed by atoms with E-state index in [4.69, 9.17) is 0 Å². The molecule has 0 spiro atoms. The minimum absolute atomic E-state index is 0.0429. The molecule has 0 N–H and O–H groups in total. The van der Waals surface area contributed by atoms with Crippen molar-refractivity contribution in [1.29, 1.82) is 0 Å². The van der Waals surface area contributed by atoms with Gasteiger partial charge in [-0.2, -0.15) is 5.10 Å². The van der Waals surface area contributed by atoms with Crippen LogP contribution in [0, 0.1) is 19.8 Å². The van der Waals surface area contributed by atoms with Crippen LogP contribution in [-0.2, 0) is 0 Å². The van der Waals surface area contributed by atoms with Gasteiger partial charge in [0.15, 0.2) is 5.65 Å². The van der Waals surface area contributed by atoms with E-state index in [1.807, 2.05) is 30.9 Å². The molecular formula is C15H20N4O. The van der Waals surface area contributed by atoms with Crippen molar-refractivity contribution in [3.63, 3.8) is 0 Å². The molecule has 0 bridgehead atoms. The molecule has 1 aliphatic rings. The monoisotopic (exact) mass is 272 g/mol. The molecule has 0 saturated carbocycles. The number of fused-ring (bicyclic) bond motifs is 1. The Kier molecular flexibility index (Phi) is 3.20. The second-order valence-electron chi connectivity index (χ2n) is 5.81. The molecule has 5 heteroatoms. The van der Waals surface area contributed by atoms with Crippen molar-refractivity contribution in [2.24, 2.45) is 5.92 Å². The van der Waals surface area contributed by atoms with E-state index in [1.54, 1.807) is 4.52 Å². The number of rotatable bonds is 1. The Morgan fingerprint density at radius 1 is 1.25 bits per heavy atom. The molecule has 1 saturated heterocycles. The van der Waals surface area contributed by atoms with Gasteiger partial charge in [-0.05, 0) is 38.7 Å². The van der Waals surface area contributed by atoms with Crippen LogP contribution >= 0.6 is 0 Å². The van der Waals surface area contributed by atoms with Crippen LogP contribution in [0.5, 0.6) is 0 Å². The average Bonchev–Trinajstić information content (AvgIpc) is 2.80. The third kappa shape index (κ3) is 2.28. The minimum Gasteiger partial charge on any atom is -0.337 e. The minimum atomic E-state index is 0.0429. The van der Waals surface area contributed by atoms with E-state index in [0.717, 1.165) is 43.0 Å². The summed E-state index contributed by atoms with van der Waals surface area (Å²) >= 11 is 0. The standard InChI is InChI=1S/C15H20N4O/c1-10-4-6-18(7-5-10)15(20)13-9-12(3)19-14(16-13)8-11(2)17-19/h8-10H,4-7H2,1-3H3. The van der Waals surface area contributed by atoms with Crippen molar-refractivity contribution in [1.82, 2.24) is 19.5 Å². The summed E-state index contributed by atoms with van der Waals surface area (Å²) in [5.41, 5.74) is 3.13. The van der Waals surface area contributed by atoms with Crippen LogP contribution in [0.1, 0.15) is 41.6 Å². The molecule has 20 heavy (non-hydrogen) atoms. The third-order valence-electron chi connectivity index (χ3n) is 4.02. The highest BCUT2D eigenvalue weighted by Gasteiger charge is 2.23. The normalized spacial score (nSPS) is 16.9. The van der Waals surface area contributed by atoms with E-state index in [9.17, 15) is 4.79 Å². The fraction of sp³-hybridized carbons (Fsp3) is 0.533. The Morgan fingerprint density at radius 2 is 1.95 bits per heavy atom. The predicted molar refractivity (Wildman–Crippen MR) is 76.8 cm³/mol. The number of amides is 1. The lowest BCUT2D eigenvalue weighted by Gasteiger charge is -2.30. The molecule has 3 heterocycles. The number of nitrogens with zero attached hydrogens (tertiary/aromatic N) is 4. The molecule has 0 radical (unpaired) electrons. The number of likely N-dealkylation sites (tertiary alicyclic amines) is 1. The van der Waals surface area contributed by atoms with E-state index in [0.29, 0.717) is 11.6 Å². The van der Waals surface area contributed by atoms with Gasteiger partial charge in [0.2, 0.25) is 0 Å². The van der Waals surface area contributed by atoms with Gasteiger partial charge in [-0.25, -0.2) is 9.50 Å². The van der Waals surface area contributed by atoms with Crippen LogP contribution in [0.15, 0.2) is 12.1 Å². The highest BCUT2D eigenvalue weighted by atomic mass is 16.2. The number of aromatic nitrogens is 3. The Hall–Kier alpha value is -1.91. The van der Waals surface area contributed by atoms with Gasteiger partial charge < -0.3 is 4.90 Å². The first-order chi connectivity index (χ1) is 9.54. The molecule has 0 aliphatic carbocycles. The lowest BCUT2D eigenvalue weighted by atomic mass is 9.99. The van der Waals surface area contributed by atoms with Crippen LogP contribution in [0.4, 0.5) is 0 Å². The molecule has 2 aromatic heterocycles. The van der Waals surface area contributed by atoms with Crippen LogP contribution in [0.2, 0.25) is 0 Å². The number of piperidine rings is 1. The van der Waals surface area contributed by atoms with Gasteiger partial charge in [-0.3, -0.25) is 4.79 Å². The molecule has 5 nitrogen and oxygen atoms in total. The lowest BCUT2D eigenvalue weighted by Crippen LogP contribution is -2.38. The summed E-state index contributed by atoms with van der Waals surface area (Å²) in [6.07, 6.45) is 2.16. The molecule has 1 aliphatic heterocycles. The van der Waals surface area contributed by atoms with Crippen molar-refractivity contribution in [2.45, 2.75) is 33.6 Å². The zero-order valence-corrected chi connectivity index (χ0v) is 12.3. The molecule has 106 valence electrons. The molecule has 3 rings (SSSR count). The van der Waals surface area contributed by atoms with E-state index in [1.165, 1.54) is 0 Å². The van der Waals surface area contributed by atoms with E-state index >= 15 is 0 Å². The maximum Gasteiger partial charge on any atom is 0.272 e. The Morgan fingerprint density at radius 3 is 2.65 bits per heavy atom. The summed E-state index contributed by atoms with van der Waals surface area (Å²) < 4.78 is 1.78. The van der Waals surface area contributed by atoms with E-state index in [2.05, 4.69) is 17.0 Å². The molecule has 0 atom stereocenters. The first-order valence-corrected chi connectivity index (χ1v) is 7.18. The highest BCUT2D eigenvalue weighted by molar-refractivity contribution is 5.93. The van der Waals surface area contributed by atoms with Gasteiger partial charge in [-0.15, -0.1) is 0 Å². The lowest BCUT2D eigenvalue weighted by molar-refractivity contribution is 0.0691. The molecule has 2 aromatic rings. The Balaban J connectivity index is 1.91. The number of aryl methyl sites for hydroxylation is 2. The maximum atomic E-state index is 12.5. The maximum absolute atomic E-state index is 12.5. The predicted octanol–water partition coefficient (Wildman–Crippen LogP) is 2.22. The summed E-state index contributed by atoms with van der Waals surface area (Å²) in [5, 5.41) is 4.36. The highest BCUT2D eigenvalue weighted by Crippen LogP contribution is 2.18. The Bertz CT molecular complexity index is 653. The molecular weight excluding hydrogens is 252 g/mol. The van der Waals surface area contributed by atoms with Crippen LogP contribution in [-0.4, -0.2) is 38.5 Å². The quantitative estimate of drug-likeness (QED) is 0.800. The summed E-state index contributed by atoms with van der Waals surface area (Å²) in [4.78, 5) is 18.9. The number of hydrogen-bond donors (Lipinski definition) is 0. The summed E-state index contributed by atoms with van der Waals surface area (Å²) in [5.74, 6) is 0.759. The molecule has 0 unspecified atom stereocenters. The van der Waals surface area contributed by atoms with Crippen molar-refractivity contribution in [3.8, 4) is 0 Å². The van der Waals surface area contributed by atoms with Crippen molar-refractivity contribution in [3.05, 3.63) is 29.2 Å². The van der Waals surface area contributed by atoms with Gasteiger partial charge in [-0.1, -0.05) is 6.92 Å². The van der Waals surface area contributed by atoms with Crippen molar-refractivity contribution in [2.75, 3.05) is 13.1 Å². The van der Waals surface area contributed by atoms with Gasteiger partial charge in [0.25, 0.3) is 5.91 Å². The van der Waals surface area contributed by atoms with Gasteiger partial charge >= 0.3 is 0 Å². The van der Waals surface area contributed by atoms with Crippen molar-refractivity contribution < 1.29 is 4.79 Å². The van der Waals surface area contributed by atoms with Crippen molar-refractivity contribution >= 4 is 11.6 Å².